The number of pyridine rings is 1. The van der Waals surface area contributed by atoms with Gasteiger partial charge >= 0.3 is 12.0 Å². The second kappa shape index (κ2) is 6.47. The molecule has 2 aromatic rings. The Morgan fingerprint density at radius 3 is 2.67 bits per heavy atom. The molecular weight excluding hydrogens is 277 g/mol. The molecular formula is C14H12FN3O3. The van der Waals surface area contributed by atoms with Gasteiger partial charge in [0.25, 0.3) is 0 Å². The van der Waals surface area contributed by atoms with Crippen LogP contribution in [0.1, 0.15) is 16.1 Å². The number of nitrogens with zero attached hydrogens (tertiary/aromatic N) is 1. The highest BCUT2D eigenvalue weighted by Crippen LogP contribution is 2.08. The number of carboxylic acids is 1. The van der Waals surface area contributed by atoms with Crippen molar-refractivity contribution in [3.63, 3.8) is 0 Å². The molecule has 7 heteroatoms. The third kappa shape index (κ3) is 4.27. The maximum absolute atomic E-state index is 12.9. The number of hydrogen-bond donors (Lipinski definition) is 3. The van der Waals surface area contributed by atoms with Gasteiger partial charge in [0.05, 0.1) is 0 Å². The van der Waals surface area contributed by atoms with Gasteiger partial charge in [-0.1, -0.05) is 12.1 Å². The minimum Gasteiger partial charge on any atom is -0.477 e. The van der Waals surface area contributed by atoms with Gasteiger partial charge in [0, 0.05) is 18.4 Å². The minimum absolute atomic E-state index is 0.0667. The quantitative estimate of drug-likeness (QED) is 0.805. The van der Waals surface area contributed by atoms with Gasteiger partial charge in [0.15, 0.2) is 0 Å². The Balaban J connectivity index is 1.87. The molecule has 0 saturated heterocycles. The molecule has 21 heavy (non-hydrogen) atoms. The molecule has 0 unspecified atom stereocenters. The number of carboxylic acid groups (broad SMARTS) is 1. The largest absolute Gasteiger partial charge is 0.477 e. The van der Waals surface area contributed by atoms with Crippen LogP contribution in [0, 0.1) is 5.82 Å². The number of benzene rings is 1. The van der Waals surface area contributed by atoms with Crippen molar-refractivity contribution in [2.75, 3.05) is 5.32 Å². The molecule has 1 aromatic heterocycles. The van der Waals surface area contributed by atoms with Crippen LogP contribution in [-0.2, 0) is 6.54 Å². The Kier molecular flexibility index (Phi) is 4.45. The number of amides is 2. The third-order valence-corrected chi connectivity index (χ3v) is 2.58. The number of nitrogens with one attached hydrogen (secondary N) is 2. The maximum Gasteiger partial charge on any atom is 0.354 e. The number of hydrogen-bond acceptors (Lipinski definition) is 3. The van der Waals surface area contributed by atoms with Crippen molar-refractivity contribution in [3.05, 3.63) is 59.7 Å². The zero-order valence-electron chi connectivity index (χ0n) is 10.8. The molecule has 0 fully saturated rings. The van der Waals surface area contributed by atoms with E-state index in [1.54, 1.807) is 12.1 Å². The number of aromatic carboxylic acids is 1. The fraction of sp³-hybridized carbons (Fsp3) is 0.0714. The second-order valence-electron chi connectivity index (χ2n) is 4.17. The predicted molar refractivity (Wildman–Crippen MR) is 73.5 cm³/mol. The molecule has 1 heterocycles. The Morgan fingerprint density at radius 1 is 1.24 bits per heavy atom. The Bertz CT molecular complexity index is 659. The number of halogens is 1. The average Bonchev–Trinajstić information content (AvgIpc) is 2.45. The Hall–Kier alpha value is -2.96. The summed E-state index contributed by atoms with van der Waals surface area (Å²) in [5, 5.41) is 13.7. The first kappa shape index (κ1) is 14.4. The van der Waals surface area contributed by atoms with Crippen LogP contribution in [0.3, 0.4) is 0 Å². The molecule has 0 aliphatic carbocycles. The van der Waals surface area contributed by atoms with E-state index in [0.717, 1.165) is 0 Å². The van der Waals surface area contributed by atoms with E-state index in [0.29, 0.717) is 11.3 Å². The fourth-order valence-corrected chi connectivity index (χ4v) is 1.58. The number of carbonyl (C=O) groups is 2. The Morgan fingerprint density at radius 2 is 2.05 bits per heavy atom. The van der Waals surface area contributed by atoms with Gasteiger partial charge in [-0.15, -0.1) is 0 Å². The van der Waals surface area contributed by atoms with Gasteiger partial charge in [-0.05, 0) is 29.8 Å². The molecule has 0 aliphatic heterocycles. The summed E-state index contributed by atoms with van der Waals surface area (Å²) in [6.45, 7) is 0.175. The van der Waals surface area contributed by atoms with E-state index in [9.17, 15) is 14.0 Å². The second-order valence-corrected chi connectivity index (χ2v) is 4.17. The van der Waals surface area contributed by atoms with E-state index >= 15 is 0 Å². The summed E-state index contributed by atoms with van der Waals surface area (Å²) in [5.41, 5.74) is 0.921. The van der Waals surface area contributed by atoms with Crippen molar-refractivity contribution >= 4 is 17.7 Å². The third-order valence-electron chi connectivity index (χ3n) is 2.58. The summed E-state index contributed by atoms with van der Waals surface area (Å²) < 4.78 is 12.9. The summed E-state index contributed by atoms with van der Waals surface area (Å²) in [5.74, 6) is -1.56. The van der Waals surface area contributed by atoms with Crippen LogP contribution in [0.15, 0.2) is 42.6 Å². The van der Waals surface area contributed by atoms with Gasteiger partial charge in [0.1, 0.15) is 11.5 Å². The maximum atomic E-state index is 12.9. The van der Waals surface area contributed by atoms with Crippen LogP contribution >= 0.6 is 0 Å². The van der Waals surface area contributed by atoms with Crippen molar-refractivity contribution < 1.29 is 19.1 Å². The molecule has 3 N–H and O–H groups in total. The van der Waals surface area contributed by atoms with E-state index in [-0.39, 0.29) is 12.2 Å². The Labute approximate surface area is 119 Å². The van der Waals surface area contributed by atoms with Crippen molar-refractivity contribution in [3.8, 4) is 0 Å². The van der Waals surface area contributed by atoms with Gasteiger partial charge in [-0.2, -0.15) is 0 Å². The van der Waals surface area contributed by atoms with Gasteiger partial charge in [-0.3, -0.25) is 0 Å². The van der Waals surface area contributed by atoms with Crippen molar-refractivity contribution in [1.82, 2.24) is 10.3 Å². The number of anilines is 1. The van der Waals surface area contributed by atoms with Crippen LogP contribution in [0.2, 0.25) is 0 Å². The summed E-state index contributed by atoms with van der Waals surface area (Å²) in [6, 6.07) is 7.93. The van der Waals surface area contributed by atoms with Gasteiger partial charge in [0.2, 0.25) is 0 Å². The highest BCUT2D eigenvalue weighted by molar-refractivity contribution is 5.89. The number of carbonyl (C=O) groups excluding carboxylic acids is 1. The molecule has 1 aromatic carbocycles. The topological polar surface area (TPSA) is 91.3 Å². The van der Waals surface area contributed by atoms with Crippen LogP contribution in [0.5, 0.6) is 0 Å². The summed E-state index contributed by atoms with van der Waals surface area (Å²) >= 11 is 0. The van der Waals surface area contributed by atoms with Crippen LogP contribution in [-0.4, -0.2) is 22.1 Å². The lowest BCUT2D eigenvalue weighted by Crippen LogP contribution is -2.28. The molecule has 0 aliphatic rings. The standard InChI is InChI=1S/C14H12FN3O3/c15-10-2-1-3-11(6-10)18-14(21)17-8-9-4-5-12(13(19)20)16-7-9/h1-7H,8H2,(H,19,20)(H2,17,18,21). The van der Waals surface area contributed by atoms with Crippen LogP contribution in [0.4, 0.5) is 14.9 Å². The number of rotatable bonds is 4. The molecule has 0 spiro atoms. The average molecular weight is 289 g/mol. The zero-order chi connectivity index (χ0) is 15.2. The first-order valence-electron chi connectivity index (χ1n) is 6.03. The molecule has 2 amide bonds. The van der Waals surface area contributed by atoms with Crippen LogP contribution < -0.4 is 10.6 Å². The molecule has 0 atom stereocenters. The molecule has 2 rings (SSSR count). The lowest BCUT2D eigenvalue weighted by molar-refractivity contribution is 0.0690. The first-order chi connectivity index (χ1) is 10.0. The SMILES string of the molecule is O=C(NCc1ccc(C(=O)O)nc1)Nc1cccc(F)c1. The van der Waals surface area contributed by atoms with Crippen molar-refractivity contribution in [2.24, 2.45) is 0 Å². The lowest BCUT2D eigenvalue weighted by atomic mass is 10.2. The summed E-state index contributed by atoms with van der Waals surface area (Å²) in [6.07, 6.45) is 1.37. The smallest absolute Gasteiger partial charge is 0.354 e. The number of aromatic nitrogens is 1. The van der Waals surface area contributed by atoms with Gasteiger partial charge < -0.3 is 15.7 Å². The predicted octanol–water partition coefficient (Wildman–Crippen LogP) is 2.24. The zero-order valence-corrected chi connectivity index (χ0v) is 10.8. The summed E-state index contributed by atoms with van der Waals surface area (Å²) in [4.78, 5) is 26.0. The van der Waals surface area contributed by atoms with E-state index in [1.165, 1.54) is 30.5 Å². The lowest BCUT2D eigenvalue weighted by Gasteiger charge is -2.07. The van der Waals surface area contributed by atoms with Crippen LogP contribution in [0.25, 0.3) is 0 Å². The monoisotopic (exact) mass is 289 g/mol. The molecule has 0 radical (unpaired) electrons. The number of urea groups is 1. The molecule has 108 valence electrons. The highest BCUT2D eigenvalue weighted by Gasteiger charge is 2.05. The minimum atomic E-state index is -1.11. The molecule has 0 bridgehead atoms. The van der Waals surface area contributed by atoms with E-state index in [2.05, 4.69) is 15.6 Å². The van der Waals surface area contributed by atoms with Crippen molar-refractivity contribution in [2.45, 2.75) is 6.54 Å². The summed E-state index contributed by atoms with van der Waals surface area (Å²) in [7, 11) is 0. The van der Waals surface area contributed by atoms with E-state index in [1.807, 2.05) is 0 Å². The normalized spacial score (nSPS) is 9.95. The van der Waals surface area contributed by atoms with Gasteiger partial charge in [-0.25, -0.2) is 19.0 Å². The van der Waals surface area contributed by atoms with E-state index in [4.69, 9.17) is 5.11 Å². The van der Waals surface area contributed by atoms with Crippen molar-refractivity contribution in [1.29, 1.82) is 0 Å². The van der Waals surface area contributed by atoms with E-state index < -0.39 is 17.8 Å². The first-order valence-corrected chi connectivity index (χ1v) is 6.03. The highest BCUT2D eigenvalue weighted by atomic mass is 19.1. The molecule has 0 saturated carbocycles. The fourth-order valence-electron chi connectivity index (χ4n) is 1.58. The molecule has 6 nitrogen and oxygen atoms in total.